The second kappa shape index (κ2) is 6.41. The van der Waals surface area contributed by atoms with E-state index < -0.39 is 11.7 Å². The molecule has 1 aliphatic heterocycles. The lowest BCUT2D eigenvalue weighted by Gasteiger charge is -2.38. The number of aromatic nitrogens is 2. The maximum atomic E-state index is 12.8. The zero-order valence-corrected chi connectivity index (χ0v) is 14.8. The van der Waals surface area contributed by atoms with Crippen molar-refractivity contribution >= 4 is 5.91 Å². The van der Waals surface area contributed by atoms with Crippen LogP contribution in [0, 0.1) is 5.41 Å². The molecule has 5 nitrogen and oxygen atoms in total. The van der Waals surface area contributed by atoms with E-state index in [-0.39, 0.29) is 28.6 Å². The molecule has 1 saturated heterocycles. The van der Waals surface area contributed by atoms with Gasteiger partial charge < -0.3 is 9.42 Å². The molecule has 0 radical (unpaired) electrons. The number of rotatable bonds is 3. The van der Waals surface area contributed by atoms with Crippen LogP contribution in [0.4, 0.5) is 13.2 Å². The topological polar surface area (TPSA) is 59.2 Å². The minimum Gasteiger partial charge on any atom is -0.341 e. The Morgan fingerprint density at radius 1 is 1.27 bits per heavy atom. The largest absolute Gasteiger partial charge is 0.416 e. The molecule has 0 aliphatic carbocycles. The SMILES string of the molecule is CC(C)(C)CC(=O)N1CC(c2nc(-c3cccc(C(F)(F)F)c3)no2)C1. The van der Waals surface area contributed by atoms with E-state index >= 15 is 0 Å². The fourth-order valence-corrected chi connectivity index (χ4v) is 2.76. The molecule has 1 aliphatic rings. The van der Waals surface area contributed by atoms with Crippen LogP contribution in [0.3, 0.4) is 0 Å². The second-order valence-electron chi connectivity index (χ2n) is 7.77. The van der Waals surface area contributed by atoms with Crippen LogP contribution in [0.1, 0.15) is 44.6 Å². The van der Waals surface area contributed by atoms with E-state index in [1.807, 2.05) is 20.8 Å². The van der Waals surface area contributed by atoms with Crippen molar-refractivity contribution in [3.8, 4) is 11.4 Å². The Morgan fingerprint density at radius 2 is 1.96 bits per heavy atom. The number of alkyl halides is 3. The Labute approximate surface area is 149 Å². The maximum absolute atomic E-state index is 12.8. The first-order valence-corrected chi connectivity index (χ1v) is 8.32. The molecule has 8 heteroatoms. The molecule has 2 aromatic rings. The number of nitrogens with zero attached hydrogens (tertiary/aromatic N) is 3. The van der Waals surface area contributed by atoms with E-state index in [4.69, 9.17) is 4.52 Å². The van der Waals surface area contributed by atoms with Crippen LogP contribution in [0.15, 0.2) is 28.8 Å². The molecule has 140 valence electrons. The summed E-state index contributed by atoms with van der Waals surface area (Å²) in [6, 6.07) is 4.80. The van der Waals surface area contributed by atoms with E-state index in [0.29, 0.717) is 25.4 Å². The molecule has 2 heterocycles. The Kier molecular flexibility index (Phi) is 4.54. The van der Waals surface area contributed by atoms with Crippen LogP contribution < -0.4 is 0 Å². The average molecular weight is 367 g/mol. The summed E-state index contributed by atoms with van der Waals surface area (Å²) < 4.78 is 43.6. The summed E-state index contributed by atoms with van der Waals surface area (Å²) in [5.41, 5.74) is -0.595. The van der Waals surface area contributed by atoms with E-state index in [1.165, 1.54) is 12.1 Å². The van der Waals surface area contributed by atoms with Gasteiger partial charge >= 0.3 is 6.18 Å². The molecule has 0 bridgehead atoms. The van der Waals surface area contributed by atoms with Crippen LogP contribution >= 0.6 is 0 Å². The molecule has 1 aromatic carbocycles. The van der Waals surface area contributed by atoms with Crippen molar-refractivity contribution in [2.24, 2.45) is 5.41 Å². The first-order chi connectivity index (χ1) is 12.0. The second-order valence-corrected chi connectivity index (χ2v) is 7.77. The number of hydrogen-bond donors (Lipinski definition) is 0. The lowest BCUT2D eigenvalue weighted by molar-refractivity contribution is -0.138. The summed E-state index contributed by atoms with van der Waals surface area (Å²) in [5, 5.41) is 3.78. The third kappa shape index (κ3) is 4.05. The summed E-state index contributed by atoms with van der Waals surface area (Å²) in [6.45, 7) is 6.98. The monoisotopic (exact) mass is 367 g/mol. The van der Waals surface area contributed by atoms with Crippen molar-refractivity contribution in [3.63, 3.8) is 0 Å². The smallest absolute Gasteiger partial charge is 0.341 e. The molecule has 26 heavy (non-hydrogen) atoms. The Bertz CT molecular complexity index is 802. The van der Waals surface area contributed by atoms with Gasteiger partial charge in [-0.2, -0.15) is 18.2 Å². The number of carbonyl (C=O) groups excluding carboxylic acids is 1. The Morgan fingerprint density at radius 3 is 2.58 bits per heavy atom. The van der Waals surface area contributed by atoms with E-state index in [2.05, 4.69) is 10.1 Å². The quantitative estimate of drug-likeness (QED) is 0.819. The van der Waals surface area contributed by atoms with Crippen LogP contribution in [-0.2, 0) is 11.0 Å². The van der Waals surface area contributed by atoms with Crippen LogP contribution in [0.25, 0.3) is 11.4 Å². The first kappa shape index (κ1) is 18.4. The van der Waals surface area contributed by atoms with Crippen molar-refractivity contribution in [2.45, 2.75) is 39.3 Å². The molecule has 1 fully saturated rings. The molecule has 3 rings (SSSR count). The predicted octanol–water partition coefficient (Wildman–Crippen LogP) is 4.12. The van der Waals surface area contributed by atoms with Gasteiger partial charge in [-0.05, 0) is 17.5 Å². The lowest BCUT2D eigenvalue weighted by Crippen LogP contribution is -2.49. The van der Waals surface area contributed by atoms with Gasteiger partial charge in [-0.1, -0.05) is 38.1 Å². The lowest BCUT2D eigenvalue weighted by atomic mass is 9.90. The third-order valence-corrected chi connectivity index (χ3v) is 4.15. The van der Waals surface area contributed by atoms with Gasteiger partial charge in [0.25, 0.3) is 0 Å². The highest BCUT2D eigenvalue weighted by atomic mass is 19.4. The molecule has 0 saturated carbocycles. The average Bonchev–Trinajstić information content (AvgIpc) is 2.92. The summed E-state index contributed by atoms with van der Waals surface area (Å²) in [4.78, 5) is 18.1. The molecule has 1 aromatic heterocycles. The highest BCUT2D eigenvalue weighted by Crippen LogP contribution is 2.33. The summed E-state index contributed by atoms with van der Waals surface area (Å²) in [5.74, 6) is 0.458. The summed E-state index contributed by atoms with van der Waals surface area (Å²) in [7, 11) is 0. The zero-order valence-electron chi connectivity index (χ0n) is 14.8. The highest BCUT2D eigenvalue weighted by Gasteiger charge is 2.37. The molecular weight excluding hydrogens is 347 g/mol. The van der Waals surface area contributed by atoms with Crippen molar-refractivity contribution in [1.29, 1.82) is 0 Å². The number of amides is 1. The minimum absolute atomic E-state index is 0.0753. The zero-order chi connectivity index (χ0) is 19.1. The number of carbonyl (C=O) groups is 1. The summed E-state index contributed by atoms with van der Waals surface area (Å²) >= 11 is 0. The minimum atomic E-state index is -4.43. The van der Waals surface area contributed by atoms with E-state index in [0.717, 1.165) is 12.1 Å². The Balaban J connectivity index is 1.66. The number of benzene rings is 1. The predicted molar refractivity (Wildman–Crippen MR) is 88.1 cm³/mol. The highest BCUT2D eigenvalue weighted by molar-refractivity contribution is 5.77. The van der Waals surface area contributed by atoms with Crippen molar-refractivity contribution in [1.82, 2.24) is 15.0 Å². The fourth-order valence-electron chi connectivity index (χ4n) is 2.76. The van der Waals surface area contributed by atoms with E-state index in [1.54, 1.807) is 4.90 Å². The normalized spacial score (nSPS) is 15.8. The summed E-state index contributed by atoms with van der Waals surface area (Å²) in [6.07, 6.45) is -3.97. The van der Waals surface area contributed by atoms with Crippen LogP contribution in [-0.4, -0.2) is 34.0 Å². The van der Waals surface area contributed by atoms with Crippen molar-refractivity contribution in [2.75, 3.05) is 13.1 Å². The van der Waals surface area contributed by atoms with Crippen LogP contribution in [0.2, 0.25) is 0 Å². The third-order valence-electron chi connectivity index (χ3n) is 4.15. The molecule has 0 atom stereocenters. The molecule has 0 spiro atoms. The van der Waals surface area contributed by atoms with Gasteiger partial charge in [0, 0.05) is 25.1 Å². The van der Waals surface area contributed by atoms with Crippen LogP contribution in [0.5, 0.6) is 0 Å². The number of hydrogen-bond acceptors (Lipinski definition) is 4. The van der Waals surface area contributed by atoms with Gasteiger partial charge in [-0.3, -0.25) is 4.79 Å². The van der Waals surface area contributed by atoms with Gasteiger partial charge in [0.2, 0.25) is 17.6 Å². The molecular formula is C18H20F3N3O2. The van der Waals surface area contributed by atoms with Crippen molar-refractivity contribution < 1.29 is 22.5 Å². The first-order valence-electron chi connectivity index (χ1n) is 8.32. The van der Waals surface area contributed by atoms with Gasteiger partial charge in [0.15, 0.2) is 0 Å². The molecule has 1 amide bonds. The Hall–Kier alpha value is -2.38. The fraction of sp³-hybridized carbons (Fsp3) is 0.500. The van der Waals surface area contributed by atoms with Crippen molar-refractivity contribution in [3.05, 3.63) is 35.7 Å². The molecule has 0 unspecified atom stereocenters. The maximum Gasteiger partial charge on any atom is 0.416 e. The van der Waals surface area contributed by atoms with Gasteiger partial charge in [-0.25, -0.2) is 0 Å². The standard InChI is InChI=1S/C18H20F3N3O2/c1-17(2,3)8-14(25)24-9-12(10-24)16-22-15(23-26-16)11-5-4-6-13(7-11)18(19,20)21/h4-7,12H,8-10H2,1-3H3. The van der Waals surface area contributed by atoms with Gasteiger partial charge in [0.05, 0.1) is 11.5 Å². The van der Waals surface area contributed by atoms with Gasteiger partial charge in [-0.15, -0.1) is 0 Å². The number of halogens is 3. The van der Waals surface area contributed by atoms with Gasteiger partial charge in [0.1, 0.15) is 0 Å². The number of likely N-dealkylation sites (tertiary alicyclic amines) is 1. The molecule has 0 N–H and O–H groups in total. The van der Waals surface area contributed by atoms with E-state index in [9.17, 15) is 18.0 Å².